The summed E-state index contributed by atoms with van der Waals surface area (Å²) in [5.41, 5.74) is 5.89. The van der Waals surface area contributed by atoms with Crippen molar-refractivity contribution in [1.29, 1.82) is 0 Å². The van der Waals surface area contributed by atoms with Gasteiger partial charge in [0.25, 0.3) is 0 Å². The van der Waals surface area contributed by atoms with Crippen LogP contribution in [0, 0.1) is 0 Å². The van der Waals surface area contributed by atoms with E-state index in [9.17, 15) is 0 Å². The Morgan fingerprint density at radius 1 is 0.960 bits per heavy atom. The molecule has 1 N–H and O–H groups in total. The number of pyridine rings is 2. The summed E-state index contributed by atoms with van der Waals surface area (Å²) in [6.45, 7) is 4.60. The minimum Gasteiger partial charge on any atom is -0.340 e. The van der Waals surface area contributed by atoms with Gasteiger partial charge >= 0.3 is 0 Å². The molecule has 5 aromatic rings. The van der Waals surface area contributed by atoms with E-state index in [1.165, 1.54) is 32.8 Å². The lowest BCUT2D eigenvalue weighted by Crippen LogP contribution is -2.25. The van der Waals surface area contributed by atoms with Crippen LogP contribution in [0.25, 0.3) is 38.7 Å². The molecule has 1 aromatic carbocycles. The van der Waals surface area contributed by atoms with E-state index >= 15 is 0 Å². The minimum atomic E-state index is -0.111. The normalized spacial score (nSPS) is 15.1. The lowest BCUT2D eigenvalue weighted by molar-refractivity contribution is 0.634. The van der Waals surface area contributed by atoms with E-state index in [0.29, 0.717) is 0 Å². The van der Waals surface area contributed by atoms with Crippen molar-refractivity contribution in [2.24, 2.45) is 0 Å². The summed E-state index contributed by atoms with van der Waals surface area (Å²) in [5, 5.41) is 3.64. The number of H-pyrrole nitrogens is 1. The van der Waals surface area contributed by atoms with Crippen molar-refractivity contribution in [2.75, 3.05) is 0 Å². The van der Waals surface area contributed by atoms with Gasteiger partial charge in [0.2, 0.25) is 0 Å². The van der Waals surface area contributed by atoms with Crippen LogP contribution in [0.1, 0.15) is 25.0 Å². The maximum atomic E-state index is 4.71. The van der Waals surface area contributed by atoms with E-state index in [4.69, 9.17) is 4.98 Å². The van der Waals surface area contributed by atoms with Crippen molar-refractivity contribution in [1.82, 2.24) is 19.5 Å². The van der Waals surface area contributed by atoms with Gasteiger partial charge in [-0.05, 0) is 23.8 Å². The van der Waals surface area contributed by atoms with Gasteiger partial charge in [-0.2, -0.15) is 0 Å². The zero-order chi connectivity index (χ0) is 16.8. The first-order valence-electron chi connectivity index (χ1n) is 8.53. The lowest BCUT2D eigenvalue weighted by Gasteiger charge is -2.32. The molecule has 5 heterocycles. The number of hydrogen-bond donors (Lipinski definition) is 1. The van der Waals surface area contributed by atoms with E-state index < -0.39 is 0 Å². The molecule has 0 saturated heterocycles. The smallest absolute Gasteiger partial charge is 0.146 e. The number of aromatic nitrogens is 4. The summed E-state index contributed by atoms with van der Waals surface area (Å²) < 4.78 is 2.29. The molecule has 0 aliphatic carbocycles. The molecule has 120 valence electrons. The number of para-hydroxylation sites is 1. The number of fused-ring (bicyclic) bond motifs is 7. The standard InChI is InChI=1S/C21H16N4/c1-21(2)15-7-3-5-12-13-6-4-9-23-19(13)25(18(12)15)20-17(21)14-11-22-10-8-16(14)24-20/h3-11,24H,1-2H3. The Labute approximate surface area is 144 Å². The van der Waals surface area contributed by atoms with E-state index in [1.54, 1.807) is 0 Å². The van der Waals surface area contributed by atoms with Gasteiger partial charge in [0.15, 0.2) is 0 Å². The van der Waals surface area contributed by atoms with Crippen LogP contribution in [0.4, 0.5) is 0 Å². The molecular formula is C21H16N4. The highest BCUT2D eigenvalue weighted by molar-refractivity contribution is 6.11. The first kappa shape index (κ1) is 13.2. The van der Waals surface area contributed by atoms with E-state index in [2.05, 4.69) is 52.6 Å². The molecule has 0 spiro atoms. The van der Waals surface area contributed by atoms with E-state index in [0.717, 1.165) is 17.0 Å². The molecule has 1 aliphatic rings. The van der Waals surface area contributed by atoms with Gasteiger partial charge in [0.1, 0.15) is 11.5 Å². The van der Waals surface area contributed by atoms with Crippen LogP contribution in [-0.2, 0) is 5.41 Å². The van der Waals surface area contributed by atoms with Gasteiger partial charge in [0, 0.05) is 45.7 Å². The molecule has 4 heteroatoms. The highest BCUT2D eigenvalue weighted by Crippen LogP contribution is 2.48. The van der Waals surface area contributed by atoms with Crippen LogP contribution in [0.3, 0.4) is 0 Å². The zero-order valence-corrected chi connectivity index (χ0v) is 14.0. The second kappa shape index (κ2) is 4.09. The molecule has 4 nitrogen and oxygen atoms in total. The van der Waals surface area contributed by atoms with Gasteiger partial charge in [-0.1, -0.05) is 32.0 Å². The van der Waals surface area contributed by atoms with Crippen LogP contribution in [0.5, 0.6) is 0 Å². The minimum absolute atomic E-state index is 0.111. The summed E-state index contributed by atoms with van der Waals surface area (Å²) in [7, 11) is 0. The van der Waals surface area contributed by atoms with Crippen LogP contribution < -0.4 is 0 Å². The molecular weight excluding hydrogens is 308 g/mol. The number of rotatable bonds is 0. The van der Waals surface area contributed by atoms with Crippen molar-refractivity contribution < 1.29 is 0 Å². The number of nitrogens with one attached hydrogen (secondary N) is 1. The van der Waals surface area contributed by atoms with Crippen LogP contribution in [0.2, 0.25) is 0 Å². The van der Waals surface area contributed by atoms with Gasteiger partial charge in [-0.25, -0.2) is 4.98 Å². The first-order chi connectivity index (χ1) is 12.2. The van der Waals surface area contributed by atoms with Crippen molar-refractivity contribution in [3.05, 3.63) is 66.1 Å². The fraction of sp³-hybridized carbons (Fsp3) is 0.143. The quantitative estimate of drug-likeness (QED) is 0.449. The molecule has 4 aromatic heterocycles. The van der Waals surface area contributed by atoms with Crippen molar-refractivity contribution in [3.63, 3.8) is 0 Å². The number of nitrogens with zero attached hydrogens (tertiary/aromatic N) is 3. The summed E-state index contributed by atoms with van der Waals surface area (Å²) in [6.07, 6.45) is 5.68. The fourth-order valence-corrected chi connectivity index (χ4v) is 4.57. The molecule has 6 rings (SSSR count). The van der Waals surface area contributed by atoms with Crippen LogP contribution in [-0.4, -0.2) is 19.5 Å². The molecule has 0 fully saturated rings. The Hall–Kier alpha value is -3.14. The second-order valence-corrected chi connectivity index (χ2v) is 7.31. The molecule has 0 unspecified atom stereocenters. The molecule has 1 aliphatic heterocycles. The Morgan fingerprint density at radius 3 is 2.76 bits per heavy atom. The molecule has 0 bridgehead atoms. The molecule has 0 amide bonds. The largest absolute Gasteiger partial charge is 0.340 e. The van der Waals surface area contributed by atoms with Gasteiger partial charge in [-0.15, -0.1) is 0 Å². The predicted molar refractivity (Wildman–Crippen MR) is 100 cm³/mol. The number of aromatic amines is 1. The average Bonchev–Trinajstić information content (AvgIpc) is 3.17. The van der Waals surface area contributed by atoms with Gasteiger partial charge in [0.05, 0.1) is 11.0 Å². The van der Waals surface area contributed by atoms with Crippen molar-refractivity contribution in [2.45, 2.75) is 19.3 Å². The molecule has 25 heavy (non-hydrogen) atoms. The number of benzene rings is 1. The van der Waals surface area contributed by atoms with Crippen molar-refractivity contribution in [3.8, 4) is 5.82 Å². The average molecular weight is 324 g/mol. The first-order valence-corrected chi connectivity index (χ1v) is 8.53. The monoisotopic (exact) mass is 324 g/mol. The van der Waals surface area contributed by atoms with E-state index in [1.807, 2.05) is 30.7 Å². The van der Waals surface area contributed by atoms with Crippen LogP contribution in [0.15, 0.2) is 55.0 Å². The summed E-state index contributed by atoms with van der Waals surface area (Å²) >= 11 is 0. The Morgan fingerprint density at radius 2 is 1.84 bits per heavy atom. The van der Waals surface area contributed by atoms with Gasteiger partial charge in [-0.3, -0.25) is 9.55 Å². The summed E-state index contributed by atoms with van der Waals surface area (Å²) in [4.78, 5) is 12.7. The third-order valence-electron chi connectivity index (χ3n) is 5.65. The predicted octanol–water partition coefficient (Wildman–Crippen LogP) is 4.69. The maximum Gasteiger partial charge on any atom is 0.146 e. The second-order valence-electron chi connectivity index (χ2n) is 7.31. The fourth-order valence-electron chi connectivity index (χ4n) is 4.57. The third-order valence-corrected chi connectivity index (χ3v) is 5.65. The number of hydrogen-bond acceptors (Lipinski definition) is 2. The topological polar surface area (TPSA) is 46.5 Å². The van der Waals surface area contributed by atoms with Crippen LogP contribution >= 0.6 is 0 Å². The summed E-state index contributed by atoms with van der Waals surface area (Å²) in [6, 6.07) is 12.8. The highest BCUT2D eigenvalue weighted by atomic mass is 15.1. The zero-order valence-electron chi connectivity index (χ0n) is 14.0. The maximum absolute atomic E-state index is 4.71. The Kier molecular flexibility index (Phi) is 2.16. The van der Waals surface area contributed by atoms with Gasteiger partial charge < -0.3 is 4.98 Å². The third kappa shape index (κ3) is 1.40. The molecule has 0 saturated carbocycles. The summed E-state index contributed by atoms with van der Waals surface area (Å²) in [5.74, 6) is 1.12. The Balaban J connectivity index is 1.96. The Bertz CT molecular complexity index is 1320. The molecule has 0 atom stereocenters. The van der Waals surface area contributed by atoms with E-state index in [-0.39, 0.29) is 5.41 Å². The lowest BCUT2D eigenvalue weighted by atomic mass is 9.75. The highest BCUT2D eigenvalue weighted by Gasteiger charge is 2.38. The van der Waals surface area contributed by atoms with Crippen molar-refractivity contribution >= 4 is 32.8 Å². The SMILES string of the molecule is CC1(C)c2c([nH]c3ccncc23)-n2c3ncccc3c3cccc1c32. The molecule has 0 radical (unpaired) electrons.